The van der Waals surface area contributed by atoms with Gasteiger partial charge in [0, 0.05) is 24.2 Å². The molecule has 1 atom stereocenters. The molecule has 1 aliphatic rings. The molecule has 1 amide bonds. The number of aromatic amines is 1. The standard InChI is InChI=1S/C20H23N5O2.ClH/c1-13(2)25(15-8-9-21-10-15)20(26)16-11-22-18(23-16)17-12-27-19(24-17)14-6-4-3-5-7-14;/h3-7,11-13,15,21H,8-10H2,1-2H3,(H,22,23);1H/t15-;/m0./s1. The van der Waals surface area contributed by atoms with E-state index in [9.17, 15) is 4.79 Å². The predicted octanol–water partition coefficient (Wildman–Crippen LogP) is 3.37. The van der Waals surface area contributed by atoms with Gasteiger partial charge in [-0.3, -0.25) is 4.79 Å². The van der Waals surface area contributed by atoms with Crippen LogP contribution in [0.25, 0.3) is 23.0 Å². The third kappa shape index (κ3) is 3.95. The van der Waals surface area contributed by atoms with Crippen molar-refractivity contribution < 1.29 is 9.21 Å². The van der Waals surface area contributed by atoms with Crippen LogP contribution in [0, 0.1) is 0 Å². The van der Waals surface area contributed by atoms with E-state index in [0.717, 1.165) is 25.1 Å². The molecular formula is C20H24ClN5O2. The summed E-state index contributed by atoms with van der Waals surface area (Å²) in [5, 5.41) is 3.32. The molecule has 2 N–H and O–H groups in total. The SMILES string of the molecule is CC(C)N(C(=O)c1cnc(-c2coc(-c3ccccc3)n2)[nH]1)[C@H]1CCNC1.Cl. The number of rotatable bonds is 5. The molecule has 2 aromatic heterocycles. The molecule has 1 fully saturated rings. The first-order chi connectivity index (χ1) is 13.1. The molecule has 0 bridgehead atoms. The van der Waals surface area contributed by atoms with Gasteiger partial charge in [-0.15, -0.1) is 12.4 Å². The maximum Gasteiger partial charge on any atom is 0.272 e. The van der Waals surface area contributed by atoms with E-state index in [4.69, 9.17) is 4.42 Å². The molecule has 0 spiro atoms. The molecule has 0 radical (unpaired) electrons. The molecule has 1 aromatic carbocycles. The van der Waals surface area contributed by atoms with Gasteiger partial charge in [-0.2, -0.15) is 0 Å². The highest BCUT2D eigenvalue weighted by atomic mass is 35.5. The Hall–Kier alpha value is -2.64. The number of benzene rings is 1. The lowest BCUT2D eigenvalue weighted by Gasteiger charge is -2.31. The molecule has 0 saturated carbocycles. The quantitative estimate of drug-likeness (QED) is 0.684. The third-order valence-electron chi connectivity index (χ3n) is 4.79. The lowest BCUT2D eigenvalue weighted by molar-refractivity contribution is 0.0621. The van der Waals surface area contributed by atoms with E-state index in [2.05, 4.69) is 20.3 Å². The summed E-state index contributed by atoms with van der Waals surface area (Å²) >= 11 is 0. The van der Waals surface area contributed by atoms with Gasteiger partial charge in [0.1, 0.15) is 17.7 Å². The van der Waals surface area contributed by atoms with E-state index in [1.54, 1.807) is 12.5 Å². The molecule has 148 valence electrons. The lowest BCUT2D eigenvalue weighted by atomic mass is 10.1. The maximum atomic E-state index is 13.0. The Balaban J connectivity index is 0.00000225. The number of H-pyrrole nitrogens is 1. The van der Waals surface area contributed by atoms with E-state index < -0.39 is 0 Å². The van der Waals surface area contributed by atoms with E-state index in [1.807, 2.05) is 49.1 Å². The average molecular weight is 402 g/mol. The molecule has 7 nitrogen and oxygen atoms in total. The van der Waals surface area contributed by atoms with Gasteiger partial charge in [0.05, 0.1) is 6.20 Å². The molecular weight excluding hydrogens is 378 g/mol. The predicted molar refractivity (Wildman–Crippen MR) is 109 cm³/mol. The number of amides is 1. The fourth-order valence-electron chi connectivity index (χ4n) is 3.49. The Morgan fingerprint density at radius 1 is 1.29 bits per heavy atom. The largest absolute Gasteiger partial charge is 0.444 e. The van der Waals surface area contributed by atoms with Crippen molar-refractivity contribution in [2.45, 2.75) is 32.4 Å². The zero-order valence-corrected chi connectivity index (χ0v) is 16.7. The van der Waals surface area contributed by atoms with Crippen LogP contribution in [-0.4, -0.2) is 50.9 Å². The molecule has 3 heterocycles. The van der Waals surface area contributed by atoms with Crippen LogP contribution in [0.3, 0.4) is 0 Å². The highest BCUT2D eigenvalue weighted by molar-refractivity contribution is 5.93. The molecule has 8 heteroatoms. The molecule has 3 aromatic rings. The number of aromatic nitrogens is 3. The molecule has 0 aliphatic carbocycles. The Labute approximate surface area is 170 Å². The van der Waals surface area contributed by atoms with E-state index >= 15 is 0 Å². The van der Waals surface area contributed by atoms with Crippen molar-refractivity contribution in [1.29, 1.82) is 0 Å². The van der Waals surface area contributed by atoms with Crippen molar-refractivity contribution in [3.05, 3.63) is 48.5 Å². The number of carbonyl (C=O) groups excluding carboxylic acids is 1. The summed E-state index contributed by atoms with van der Waals surface area (Å²) in [6, 6.07) is 10.00. The fraction of sp³-hybridized carbons (Fsp3) is 0.350. The molecule has 1 saturated heterocycles. The second kappa shape index (κ2) is 8.58. The molecule has 1 aliphatic heterocycles. The van der Waals surface area contributed by atoms with Crippen LogP contribution in [0.2, 0.25) is 0 Å². The Kier molecular flexibility index (Phi) is 6.16. The summed E-state index contributed by atoms with van der Waals surface area (Å²) in [6.07, 6.45) is 4.09. The number of hydrogen-bond donors (Lipinski definition) is 2. The topological polar surface area (TPSA) is 87.1 Å². The normalized spacial score (nSPS) is 16.2. The van der Waals surface area contributed by atoms with Crippen molar-refractivity contribution in [3.8, 4) is 23.0 Å². The number of hydrogen-bond acceptors (Lipinski definition) is 5. The second-order valence-corrected chi connectivity index (χ2v) is 7.00. The second-order valence-electron chi connectivity index (χ2n) is 7.00. The number of halogens is 1. The van der Waals surface area contributed by atoms with E-state index in [0.29, 0.717) is 23.1 Å². The monoisotopic (exact) mass is 401 g/mol. The molecule has 28 heavy (non-hydrogen) atoms. The molecule has 0 unspecified atom stereocenters. The summed E-state index contributed by atoms with van der Waals surface area (Å²) in [6.45, 7) is 5.85. The summed E-state index contributed by atoms with van der Waals surface area (Å²) in [5.74, 6) is 1.01. The number of carbonyl (C=O) groups is 1. The zero-order chi connectivity index (χ0) is 18.8. The van der Waals surface area contributed by atoms with Crippen molar-refractivity contribution in [3.63, 3.8) is 0 Å². The highest BCUT2D eigenvalue weighted by Gasteiger charge is 2.30. The van der Waals surface area contributed by atoms with Gasteiger partial charge in [0.15, 0.2) is 5.82 Å². The van der Waals surface area contributed by atoms with Crippen LogP contribution >= 0.6 is 12.4 Å². The summed E-state index contributed by atoms with van der Waals surface area (Å²) in [4.78, 5) is 26.9. The van der Waals surface area contributed by atoms with Gasteiger partial charge in [-0.25, -0.2) is 9.97 Å². The maximum absolute atomic E-state index is 13.0. The van der Waals surface area contributed by atoms with Crippen LogP contribution in [-0.2, 0) is 0 Å². The van der Waals surface area contributed by atoms with Crippen LogP contribution < -0.4 is 5.32 Å². The minimum atomic E-state index is -0.0378. The lowest BCUT2D eigenvalue weighted by Crippen LogP contribution is -2.46. The average Bonchev–Trinajstić information content (AvgIpc) is 3.42. The summed E-state index contributed by atoms with van der Waals surface area (Å²) < 4.78 is 5.57. The first kappa shape index (κ1) is 20.1. The fourth-order valence-corrected chi connectivity index (χ4v) is 3.49. The number of nitrogens with one attached hydrogen (secondary N) is 2. The zero-order valence-electron chi connectivity index (χ0n) is 15.9. The van der Waals surface area contributed by atoms with Crippen LogP contribution in [0.4, 0.5) is 0 Å². The Bertz CT molecular complexity index is 916. The van der Waals surface area contributed by atoms with Gasteiger partial charge < -0.3 is 19.6 Å². The van der Waals surface area contributed by atoms with E-state index in [-0.39, 0.29) is 30.4 Å². The number of imidazole rings is 1. The van der Waals surface area contributed by atoms with Crippen molar-refractivity contribution >= 4 is 18.3 Å². The summed E-state index contributed by atoms with van der Waals surface area (Å²) in [7, 11) is 0. The Morgan fingerprint density at radius 2 is 2.07 bits per heavy atom. The Morgan fingerprint density at radius 3 is 2.75 bits per heavy atom. The highest BCUT2D eigenvalue weighted by Crippen LogP contribution is 2.23. The third-order valence-corrected chi connectivity index (χ3v) is 4.79. The minimum absolute atomic E-state index is 0. The van der Waals surface area contributed by atoms with E-state index in [1.165, 1.54) is 0 Å². The minimum Gasteiger partial charge on any atom is -0.444 e. The van der Waals surface area contributed by atoms with Gasteiger partial charge >= 0.3 is 0 Å². The van der Waals surface area contributed by atoms with Crippen molar-refractivity contribution in [2.24, 2.45) is 0 Å². The van der Waals surface area contributed by atoms with Gasteiger partial charge in [0.25, 0.3) is 5.91 Å². The summed E-state index contributed by atoms with van der Waals surface area (Å²) in [5.41, 5.74) is 1.94. The number of nitrogens with zero attached hydrogens (tertiary/aromatic N) is 3. The van der Waals surface area contributed by atoms with Crippen LogP contribution in [0.15, 0.2) is 47.2 Å². The van der Waals surface area contributed by atoms with Crippen LogP contribution in [0.1, 0.15) is 30.8 Å². The van der Waals surface area contributed by atoms with Gasteiger partial charge in [-0.1, -0.05) is 18.2 Å². The first-order valence-corrected chi connectivity index (χ1v) is 9.23. The first-order valence-electron chi connectivity index (χ1n) is 9.23. The molecule has 4 rings (SSSR count). The van der Waals surface area contributed by atoms with Crippen LogP contribution in [0.5, 0.6) is 0 Å². The van der Waals surface area contributed by atoms with Gasteiger partial charge in [0.2, 0.25) is 5.89 Å². The van der Waals surface area contributed by atoms with Crippen molar-refractivity contribution in [1.82, 2.24) is 25.2 Å². The smallest absolute Gasteiger partial charge is 0.272 e. The van der Waals surface area contributed by atoms with Gasteiger partial charge in [-0.05, 0) is 38.9 Å². The number of oxazole rings is 1. The van der Waals surface area contributed by atoms with Crippen molar-refractivity contribution in [2.75, 3.05) is 13.1 Å².